The second-order valence-corrected chi connectivity index (χ2v) is 7.51. The van der Waals surface area contributed by atoms with Crippen LogP contribution < -0.4 is 11.1 Å². The van der Waals surface area contributed by atoms with Gasteiger partial charge in [-0.05, 0) is 44.6 Å². The number of nitrogens with one attached hydrogen (secondary N) is 1. The zero-order valence-corrected chi connectivity index (χ0v) is 14.9. The Morgan fingerprint density at radius 2 is 2.08 bits per heavy atom. The lowest BCUT2D eigenvalue weighted by Crippen LogP contribution is -2.41. The summed E-state index contributed by atoms with van der Waals surface area (Å²) >= 11 is 1.50. The number of ether oxygens (including phenoxy) is 1. The van der Waals surface area contributed by atoms with Crippen LogP contribution in [0.25, 0.3) is 0 Å². The molecule has 3 N–H and O–H groups in total. The summed E-state index contributed by atoms with van der Waals surface area (Å²) in [5.74, 6) is -0.519. The molecule has 0 atom stereocenters. The molecule has 2 aliphatic rings. The Morgan fingerprint density at radius 3 is 2.75 bits per heavy atom. The summed E-state index contributed by atoms with van der Waals surface area (Å²) < 4.78 is 5.63. The van der Waals surface area contributed by atoms with Crippen molar-refractivity contribution in [2.75, 3.05) is 31.6 Å². The summed E-state index contributed by atoms with van der Waals surface area (Å²) in [5, 5.41) is 3.54. The molecule has 2 heterocycles. The van der Waals surface area contributed by atoms with Crippen molar-refractivity contribution >= 4 is 28.2 Å². The molecule has 24 heavy (non-hydrogen) atoms. The van der Waals surface area contributed by atoms with Gasteiger partial charge in [-0.15, -0.1) is 11.3 Å². The summed E-state index contributed by atoms with van der Waals surface area (Å²) in [6, 6.07) is 0. The van der Waals surface area contributed by atoms with Gasteiger partial charge in [-0.2, -0.15) is 0 Å². The highest BCUT2D eigenvalue weighted by atomic mass is 32.1. The van der Waals surface area contributed by atoms with Crippen LogP contribution in [0.3, 0.4) is 0 Å². The van der Waals surface area contributed by atoms with Crippen LogP contribution in [0.5, 0.6) is 0 Å². The van der Waals surface area contributed by atoms with Crippen molar-refractivity contribution in [2.45, 2.75) is 45.1 Å². The fourth-order valence-corrected chi connectivity index (χ4v) is 4.90. The summed E-state index contributed by atoms with van der Waals surface area (Å²) in [6.45, 7) is 4.82. The molecule has 0 radical (unpaired) electrons. The van der Waals surface area contributed by atoms with E-state index in [9.17, 15) is 9.59 Å². The minimum absolute atomic E-state index is 0.0766. The van der Waals surface area contributed by atoms with Crippen LogP contribution >= 0.6 is 11.3 Å². The Hall–Kier alpha value is -1.44. The largest absolute Gasteiger partial charge is 0.378 e. The number of fused-ring (bicyclic) bond motifs is 1. The molecule has 7 heteroatoms. The van der Waals surface area contributed by atoms with E-state index in [1.54, 1.807) is 0 Å². The first kappa shape index (κ1) is 17.4. The number of primary amides is 1. The number of carbonyl (C=O) groups excluding carboxylic acids is 2. The fourth-order valence-electron chi connectivity index (χ4n) is 3.59. The van der Waals surface area contributed by atoms with E-state index in [4.69, 9.17) is 10.5 Å². The van der Waals surface area contributed by atoms with Crippen LogP contribution in [0.2, 0.25) is 0 Å². The zero-order chi connectivity index (χ0) is 17.1. The van der Waals surface area contributed by atoms with Crippen LogP contribution in [0.15, 0.2) is 0 Å². The number of carbonyl (C=O) groups is 2. The van der Waals surface area contributed by atoms with E-state index in [1.807, 2.05) is 6.92 Å². The maximum Gasteiger partial charge on any atom is 0.251 e. The van der Waals surface area contributed by atoms with Gasteiger partial charge in [0.05, 0.1) is 18.2 Å². The van der Waals surface area contributed by atoms with Gasteiger partial charge in [0.1, 0.15) is 5.00 Å². The summed E-state index contributed by atoms with van der Waals surface area (Å²) in [4.78, 5) is 27.5. The van der Waals surface area contributed by atoms with Crippen LogP contribution in [-0.2, 0) is 22.4 Å². The van der Waals surface area contributed by atoms with Crippen LogP contribution in [0.4, 0.5) is 5.00 Å². The Labute approximate surface area is 146 Å². The van der Waals surface area contributed by atoms with Gasteiger partial charge in [-0.3, -0.25) is 14.5 Å². The first-order valence-electron chi connectivity index (χ1n) is 8.66. The van der Waals surface area contributed by atoms with E-state index < -0.39 is 5.91 Å². The number of likely N-dealkylation sites (tertiary alicyclic amines) is 1. The maximum atomic E-state index is 12.4. The molecule has 6 nitrogen and oxygen atoms in total. The number of hydrogen-bond donors (Lipinski definition) is 2. The normalized spacial score (nSPS) is 18.5. The molecular formula is C17H25N3O3S. The van der Waals surface area contributed by atoms with Gasteiger partial charge < -0.3 is 15.8 Å². The van der Waals surface area contributed by atoms with Crippen LogP contribution in [0, 0.1) is 0 Å². The van der Waals surface area contributed by atoms with Crippen LogP contribution in [0.1, 0.15) is 47.0 Å². The lowest BCUT2D eigenvalue weighted by atomic mass is 10.1. The highest BCUT2D eigenvalue weighted by Gasteiger charge is 2.27. The van der Waals surface area contributed by atoms with Gasteiger partial charge in [-0.25, -0.2) is 0 Å². The maximum absolute atomic E-state index is 12.4. The molecule has 1 aliphatic heterocycles. The monoisotopic (exact) mass is 351 g/mol. The van der Waals surface area contributed by atoms with Gasteiger partial charge in [0, 0.05) is 24.6 Å². The predicted octanol–water partition coefficient (Wildman–Crippen LogP) is 1.78. The minimum Gasteiger partial charge on any atom is -0.378 e. The number of rotatable bonds is 6. The van der Waals surface area contributed by atoms with Crippen molar-refractivity contribution in [1.29, 1.82) is 0 Å². The molecule has 1 saturated heterocycles. The van der Waals surface area contributed by atoms with E-state index in [0.29, 0.717) is 23.2 Å². The zero-order valence-electron chi connectivity index (χ0n) is 14.1. The molecule has 0 spiro atoms. The number of anilines is 1. The smallest absolute Gasteiger partial charge is 0.251 e. The molecule has 0 aromatic carbocycles. The SMILES string of the molecule is CCOC1CCN(CC(=O)Nc2sc3c(c2C(N)=O)CCC3)CC1. The molecule has 2 amide bonds. The Morgan fingerprint density at radius 1 is 1.33 bits per heavy atom. The Kier molecular flexibility index (Phi) is 5.53. The molecule has 0 bridgehead atoms. The number of hydrogen-bond acceptors (Lipinski definition) is 5. The Balaban J connectivity index is 1.57. The van der Waals surface area contributed by atoms with Crippen molar-refractivity contribution < 1.29 is 14.3 Å². The van der Waals surface area contributed by atoms with Gasteiger partial charge >= 0.3 is 0 Å². The lowest BCUT2D eigenvalue weighted by Gasteiger charge is -2.31. The first-order chi connectivity index (χ1) is 11.6. The summed E-state index contributed by atoms with van der Waals surface area (Å²) in [6.07, 6.45) is 5.15. The molecule has 132 valence electrons. The molecule has 1 aromatic rings. The number of thiophene rings is 1. The van der Waals surface area contributed by atoms with Crippen molar-refractivity contribution in [3.05, 3.63) is 16.0 Å². The van der Waals surface area contributed by atoms with Gasteiger partial charge in [0.25, 0.3) is 5.91 Å². The number of aryl methyl sites for hydroxylation is 1. The molecule has 1 aliphatic carbocycles. The molecule has 1 fully saturated rings. The van der Waals surface area contributed by atoms with Crippen molar-refractivity contribution in [3.8, 4) is 0 Å². The average Bonchev–Trinajstić information content (AvgIpc) is 3.09. The third-order valence-electron chi connectivity index (χ3n) is 4.72. The molecule has 3 rings (SSSR count). The first-order valence-corrected chi connectivity index (χ1v) is 9.48. The quantitative estimate of drug-likeness (QED) is 0.818. The minimum atomic E-state index is -0.442. The number of nitrogens with two attached hydrogens (primary N) is 1. The van der Waals surface area contributed by atoms with Gasteiger partial charge in [0.15, 0.2) is 0 Å². The molecule has 0 unspecified atom stereocenters. The Bertz CT molecular complexity index is 621. The van der Waals surface area contributed by atoms with E-state index in [0.717, 1.165) is 57.4 Å². The highest BCUT2D eigenvalue weighted by molar-refractivity contribution is 7.17. The van der Waals surface area contributed by atoms with E-state index in [-0.39, 0.29) is 5.91 Å². The second-order valence-electron chi connectivity index (χ2n) is 6.40. The summed E-state index contributed by atoms with van der Waals surface area (Å²) in [5.41, 5.74) is 7.09. The average molecular weight is 351 g/mol. The lowest BCUT2D eigenvalue weighted by molar-refractivity contribution is -0.118. The second kappa shape index (κ2) is 7.63. The third kappa shape index (κ3) is 3.79. The van der Waals surface area contributed by atoms with Crippen LogP contribution in [-0.4, -0.2) is 49.1 Å². The molecule has 1 aromatic heterocycles. The van der Waals surface area contributed by atoms with Crippen molar-refractivity contribution in [2.24, 2.45) is 5.73 Å². The van der Waals surface area contributed by atoms with E-state index >= 15 is 0 Å². The fraction of sp³-hybridized carbons (Fsp3) is 0.647. The third-order valence-corrected chi connectivity index (χ3v) is 5.93. The topological polar surface area (TPSA) is 84.7 Å². The number of nitrogens with zero attached hydrogens (tertiary/aromatic N) is 1. The molecular weight excluding hydrogens is 326 g/mol. The van der Waals surface area contributed by atoms with Crippen molar-refractivity contribution in [3.63, 3.8) is 0 Å². The predicted molar refractivity (Wildman–Crippen MR) is 94.6 cm³/mol. The van der Waals surface area contributed by atoms with Crippen molar-refractivity contribution in [1.82, 2.24) is 4.90 Å². The standard InChI is InChI=1S/C17H25N3O3S/c1-2-23-11-6-8-20(9-7-11)10-14(21)19-17-15(16(18)22)12-4-3-5-13(12)24-17/h11H,2-10H2,1H3,(H2,18,22)(H,19,21). The van der Waals surface area contributed by atoms with Gasteiger partial charge in [-0.1, -0.05) is 0 Å². The number of piperidine rings is 1. The van der Waals surface area contributed by atoms with E-state index in [2.05, 4.69) is 10.2 Å². The van der Waals surface area contributed by atoms with E-state index in [1.165, 1.54) is 16.2 Å². The summed E-state index contributed by atoms with van der Waals surface area (Å²) in [7, 11) is 0. The van der Waals surface area contributed by atoms with Gasteiger partial charge in [0.2, 0.25) is 5.91 Å². The number of amides is 2. The highest BCUT2D eigenvalue weighted by Crippen LogP contribution is 2.38. The molecule has 0 saturated carbocycles.